The van der Waals surface area contributed by atoms with E-state index in [0.717, 1.165) is 22.1 Å². The highest BCUT2D eigenvalue weighted by molar-refractivity contribution is 5.76. The third-order valence-corrected chi connectivity index (χ3v) is 3.39. The highest BCUT2D eigenvalue weighted by Gasteiger charge is 2.33. The smallest absolute Gasteiger partial charge is 0.435 e. The molecule has 0 aliphatic heterocycles. The van der Waals surface area contributed by atoms with Crippen LogP contribution >= 0.6 is 0 Å². The summed E-state index contributed by atoms with van der Waals surface area (Å²) >= 11 is 0. The van der Waals surface area contributed by atoms with Gasteiger partial charge < -0.3 is 10.1 Å². The molecule has 2 rings (SSSR count). The second-order valence-electron chi connectivity index (χ2n) is 5.16. The van der Waals surface area contributed by atoms with Crippen LogP contribution in [-0.2, 0) is 23.9 Å². The first-order valence-corrected chi connectivity index (χ1v) is 7.39. The summed E-state index contributed by atoms with van der Waals surface area (Å²) in [5.41, 5.74) is 0.0705. The number of carbonyl (C=O) groups excluding carboxylic acids is 1. The van der Waals surface area contributed by atoms with Crippen molar-refractivity contribution in [2.75, 3.05) is 13.7 Å². The summed E-state index contributed by atoms with van der Waals surface area (Å²) in [4.78, 5) is 11.7. The first-order chi connectivity index (χ1) is 11.4. The number of benzene rings is 1. The van der Waals surface area contributed by atoms with Crippen LogP contribution < -0.4 is 10.1 Å². The summed E-state index contributed by atoms with van der Waals surface area (Å²) < 4.78 is 43.4. The van der Waals surface area contributed by atoms with Crippen LogP contribution in [0.5, 0.6) is 5.75 Å². The van der Waals surface area contributed by atoms with Gasteiger partial charge in [-0.05, 0) is 30.2 Å². The van der Waals surface area contributed by atoms with Crippen LogP contribution in [0.15, 0.2) is 36.5 Å². The molecule has 0 saturated heterocycles. The van der Waals surface area contributed by atoms with Crippen molar-refractivity contribution >= 4 is 5.91 Å². The lowest BCUT2D eigenvalue weighted by atomic mass is 10.1. The molecule has 1 amide bonds. The van der Waals surface area contributed by atoms with E-state index in [1.807, 2.05) is 24.3 Å². The number of methoxy groups -OCH3 is 1. The Morgan fingerprint density at radius 1 is 1.25 bits per heavy atom. The molecule has 0 atom stereocenters. The van der Waals surface area contributed by atoms with Crippen LogP contribution in [0.2, 0.25) is 0 Å². The maximum absolute atomic E-state index is 12.4. The predicted octanol–water partition coefficient (Wildman–Crippen LogP) is 2.66. The normalized spacial score (nSPS) is 11.3. The highest BCUT2D eigenvalue weighted by atomic mass is 19.4. The van der Waals surface area contributed by atoms with Gasteiger partial charge in [-0.15, -0.1) is 0 Å². The van der Waals surface area contributed by atoms with Crippen molar-refractivity contribution in [3.8, 4) is 5.75 Å². The molecule has 0 fully saturated rings. The van der Waals surface area contributed by atoms with Crippen molar-refractivity contribution in [3.63, 3.8) is 0 Å². The summed E-state index contributed by atoms with van der Waals surface area (Å²) in [7, 11) is 1.58. The van der Waals surface area contributed by atoms with Gasteiger partial charge in [-0.3, -0.25) is 9.48 Å². The van der Waals surface area contributed by atoms with E-state index in [1.54, 1.807) is 7.11 Å². The molecule has 0 bridgehead atoms. The van der Waals surface area contributed by atoms with Gasteiger partial charge in [0.05, 0.1) is 13.7 Å². The zero-order chi connectivity index (χ0) is 17.6. The average Bonchev–Trinajstić information content (AvgIpc) is 3.02. The van der Waals surface area contributed by atoms with Crippen molar-refractivity contribution in [3.05, 3.63) is 47.8 Å². The van der Waals surface area contributed by atoms with Crippen molar-refractivity contribution in [2.45, 2.75) is 25.6 Å². The topological polar surface area (TPSA) is 56.1 Å². The molecular formula is C16H18F3N3O2. The second-order valence-corrected chi connectivity index (χ2v) is 5.16. The second kappa shape index (κ2) is 7.85. The fourth-order valence-corrected chi connectivity index (χ4v) is 2.09. The number of rotatable bonds is 7. The van der Waals surface area contributed by atoms with Gasteiger partial charge in [-0.2, -0.15) is 18.3 Å². The van der Waals surface area contributed by atoms with Crippen LogP contribution in [0.25, 0.3) is 0 Å². The number of hydrogen-bond donors (Lipinski definition) is 1. The summed E-state index contributed by atoms with van der Waals surface area (Å²) in [6.45, 7) is 0.408. The number of halogens is 3. The minimum atomic E-state index is -4.45. The fraction of sp³-hybridized carbons (Fsp3) is 0.375. The third kappa shape index (κ3) is 5.29. The number of hydrogen-bond acceptors (Lipinski definition) is 3. The lowest BCUT2D eigenvalue weighted by molar-refractivity contribution is -0.141. The number of aromatic nitrogens is 2. The molecule has 0 aliphatic rings. The van der Waals surface area contributed by atoms with Gasteiger partial charge in [0.15, 0.2) is 5.69 Å². The Morgan fingerprint density at radius 3 is 2.54 bits per heavy atom. The molecule has 8 heteroatoms. The van der Waals surface area contributed by atoms with E-state index < -0.39 is 11.9 Å². The summed E-state index contributed by atoms with van der Waals surface area (Å²) in [6.07, 6.45) is -2.33. The van der Waals surface area contributed by atoms with E-state index in [9.17, 15) is 18.0 Å². The molecule has 5 nitrogen and oxygen atoms in total. The molecule has 2 aromatic rings. The largest absolute Gasteiger partial charge is 0.497 e. The molecule has 0 saturated carbocycles. The molecule has 1 aromatic heterocycles. The first-order valence-electron chi connectivity index (χ1n) is 7.39. The number of amides is 1. The molecule has 0 aliphatic carbocycles. The van der Waals surface area contributed by atoms with E-state index in [0.29, 0.717) is 12.8 Å². The van der Waals surface area contributed by atoms with Gasteiger partial charge in [0, 0.05) is 19.2 Å². The lowest BCUT2D eigenvalue weighted by Crippen LogP contribution is -2.27. The maximum atomic E-state index is 12.4. The standard InChI is InChI=1S/C16H18F3N3O2/c1-24-13-5-2-12(3-6-13)4-7-15(23)20-9-11-22-10-8-14(21-22)16(17,18)19/h2-3,5-6,8,10H,4,7,9,11H2,1H3,(H,20,23). The number of alkyl halides is 3. The van der Waals surface area contributed by atoms with E-state index in [-0.39, 0.29) is 19.0 Å². The SMILES string of the molecule is COc1ccc(CCC(=O)NCCn2ccc(C(F)(F)F)n2)cc1. The zero-order valence-electron chi connectivity index (χ0n) is 13.1. The van der Waals surface area contributed by atoms with E-state index >= 15 is 0 Å². The number of nitrogens with one attached hydrogen (secondary N) is 1. The number of aryl methyl sites for hydroxylation is 1. The molecule has 130 valence electrons. The maximum Gasteiger partial charge on any atom is 0.435 e. The van der Waals surface area contributed by atoms with Gasteiger partial charge >= 0.3 is 6.18 Å². The summed E-state index contributed by atoms with van der Waals surface area (Å²) in [5, 5.41) is 6.08. The molecule has 0 unspecified atom stereocenters. The lowest BCUT2D eigenvalue weighted by Gasteiger charge is -2.06. The third-order valence-electron chi connectivity index (χ3n) is 3.39. The van der Waals surface area contributed by atoms with E-state index in [4.69, 9.17) is 4.74 Å². The molecule has 0 spiro atoms. The zero-order valence-corrected chi connectivity index (χ0v) is 13.1. The van der Waals surface area contributed by atoms with Crippen LogP contribution in [0.3, 0.4) is 0 Å². The van der Waals surface area contributed by atoms with Gasteiger partial charge in [0.25, 0.3) is 0 Å². The Kier molecular flexibility index (Phi) is 5.83. The number of carbonyl (C=O) groups is 1. The van der Waals surface area contributed by atoms with Gasteiger partial charge in [-0.25, -0.2) is 0 Å². The number of ether oxygens (including phenoxy) is 1. The quantitative estimate of drug-likeness (QED) is 0.842. The van der Waals surface area contributed by atoms with Crippen molar-refractivity contribution in [2.24, 2.45) is 0 Å². The number of nitrogens with zero attached hydrogens (tertiary/aromatic N) is 2. The van der Waals surface area contributed by atoms with Crippen LogP contribution in [0, 0.1) is 0 Å². The van der Waals surface area contributed by atoms with Gasteiger partial charge in [-0.1, -0.05) is 12.1 Å². The molecule has 24 heavy (non-hydrogen) atoms. The predicted molar refractivity (Wildman–Crippen MR) is 81.6 cm³/mol. The Morgan fingerprint density at radius 2 is 1.96 bits per heavy atom. The Hall–Kier alpha value is -2.51. The Balaban J connectivity index is 1.70. The average molecular weight is 341 g/mol. The molecule has 0 radical (unpaired) electrons. The Labute approximate surface area is 137 Å². The molecular weight excluding hydrogens is 323 g/mol. The summed E-state index contributed by atoms with van der Waals surface area (Å²) in [6, 6.07) is 8.32. The summed E-state index contributed by atoms with van der Waals surface area (Å²) in [5.74, 6) is 0.592. The van der Waals surface area contributed by atoms with Gasteiger partial charge in [0.1, 0.15) is 5.75 Å². The first kappa shape index (κ1) is 17.8. The van der Waals surface area contributed by atoms with Crippen molar-refractivity contribution in [1.29, 1.82) is 0 Å². The van der Waals surface area contributed by atoms with Crippen LogP contribution in [0.4, 0.5) is 13.2 Å². The van der Waals surface area contributed by atoms with E-state index in [1.165, 1.54) is 6.20 Å². The Bertz CT molecular complexity index is 666. The fourth-order valence-electron chi connectivity index (χ4n) is 2.09. The minimum absolute atomic E-state index is 0.158. The molecule has 1 heterocycles. The molecule has 1 N–H and O–H groups in total. The van der Waals surface area contributed by atoms with E-state index in [2.05, 4.69) is 10.4 Å². The minimum Gasteiger partial charge on any atom is -0.497 e. The van der Waals surface area contributed by atoms with Crippen LogP contribution in [-0.4, -0.2) is 29.3 Å². The molecule has 1 aromatic carbocycles. The highest BCUT2D eigenvalue weighted by Crippen LogP contribution is 2.27. The van der Waals surface area contributed by atoms with Crippen LogP contribution in [0.1, 0.15) is 17.7 Å². The van der Waals surface area contributed by atoms with Crippen molar-refractivity contribution < 1.29 is 22.7 Å². The monoisotopic (exact) mass is 341 g/mol. The van der Waals surface area contributed by atoms with Crippen molar-refractivity contribution in [1.82, 2.24) is 15.1 Å². The van der Waals surface area contributed by atoms with Gasteiger partial charge in [0.2, 0.25) is 5.91 Å².